The molecule has 0 saturated heterocycles. The van der Waals surface area contributed by atoms with Crippen molar-refractivity contribution in [3.8, 4) is 11.3 Å². The summed E-state index contributed by atoms with van der Waals surface area (Å²) in [6, 6.07) is 9.64. The van der Waals surface area contributed by atoms with Crippen LogP contribution in [0.3, 0.4) is 0 Å². The Morgan fingerprint density at radius 1 is 1.10 bits per heavy atom. The number of fused-ring (bicyclic) bond motifs is 3. The third kappa shape index (κ3) is 3.63. The predicted molar refractivity (Wildman–Crippen MR) is 116 cm³/mol. The number of hydrogen-bond acceptors (Lipinski definition) is 8. The van der Waals surface area contributed by atoms with E-state index in [2.05, 4.69) is 36.2 Å². The van der Waals surface area contributed by atoms with Crippen molar-refractivity contribution >= 4 is 29.0 Å². The standard InChI is InChI=1S/C21H21N9O/c1-12-5-6-16(29-28-12)13-8-14-4-3-7-23-21(31)15-11-24-30-19(22-2)10-18(27-20(15)30)26-17(9-13)25-14/h5-6,8-11,22H,3-4,7H2,1-2H3,(H,23,31)(H,25,26,27). The van der Waals surface area contributed by atoms with E-state index >= 15 is 0 Å². The summed E-state index contributed by atoms with van der Waals surface area (Å²) in [7, 11) is 1.79. The molecule has 3 N–H and O–H groups in total. The van der Waals surface area contributed by atoms with Crippen molar-refractivity contribution in [2.75, 3.05) is 24.2 Å². The number of nitrogens with zero attached hydrogens (tertiary/aromatic N) is 6. The number of anilines is 3. The normalized spacial score (nSPS) is 13.7. The van der Waals surface area contributed by atoms with Gasteiger partial charge in [0.15, 0.2) is 5.65 Å². The molecule has 0 radical (unpaired) electrons. The largest absolute Gasteiger partial charge is 0.373 e. The zero-order valence-corrected chi connectivity index (χ0v) is 17.2. The summed E-state index contributed by atoms with van der Waals surface area (Å²) >= 11 is 0. The van der Waals surface area contributed by atoms with E-state index < -0.39 is 0 Å². The maximum absolute atomic E-state index is 12.7. The fraction of sp³-hybridized carbons (Fsp3) is 0.238. The molecule has 0 atom stereocenters. The number of aromatic nitrogens is 6. The zero-order chi connectivity index (χ0) is 21.4. The van der Waals surface area contributed by atoms with Gasteiger partial charge in [0.05, 0.1) is 17.6 Å². The highest BCUT2D eigenvalue weighted by atomic mass is 16.1. The smallest absolute Gasteiger partial charge is 0.256 e. The summed E-state index contributed by atoms with van der Waals surface area (Å²) in [6.07, 6.45) is 2.99. The highest BCUT2D eigenvalue weighted by Gasteiger charge is 2.18. The first-order valence-corrected chi connectivity index (χ1v) is 10.0. The van der Waals surface area contributed by atoms with Crippen LogP contribution in [0.2, 0.25) is 0 Å². The molecule has 156 valence electrons. The van der Waals surface area contributed by atoms with Crippen LogP contribution in [0, 0.1) is 6.92 Å². The lowest BCUT2D eigenvalue weighted by Crippen LogP contribution is -2.24. The van der Waals surface area contributed by atoms with Crippen molar-refractivity contribution in [3.05, 3.63) is 53.5 Å². The second kappa shape index (κ2) is 7.63. The number of carbonyl (C=O) groups excluding carboxylic acids is 1. The number of nitrogens with one attached hydrogen (secondary N) is 3. The summed E-state index contributed by atoms with van der Waals surface area (Å²) in [5.74, 6) is 1.70. The van der Waals surface area contributed by atoms with Gasteiger partial charge in [-0.2, -0.15) is 19.8 Å². The van der Waals surface area contributed by atoms with E-state index in [0.717, 1.165) is 29.1 Å². The van der Waals surface area contributed by atoms with Crippen LogP contribution in [0.1, 0.15) is 28.2 Å². The van der Waals surface area contributed by atoms with Gasteiger partial charge in [0, 0.05) is 30.9 Å². The maximum atomic E-state index is 12.7. The lowest BCUT2D eigenvalue weighted by atomic mass is 10.1. The van der Waals surface area contributed by atoms with Crippen molar-refractivity contribution in [3.63, 3.8) is 0 Å². The van der Waals surface area contributed by atoms with Crippen LogP contribution in [0.15, 0.2) is 36.5 Å². The van der Waals surface area contributed by atoms with E-state index in [1.165, 1.54) is 6.20 Å². The van der Waals surface area contributed by atoms with Gasteiger partial charge in [-0.3, -0.25) is 4.79 Å². The molecule has 4 aromatic rings. The SMILES string of the molecule is CNc1cc2nc3c(cnn13)C(=O)NCCCc1cc(-c3ccc(C)nn3)cc(n1)N2. The molecule has 10 heteroatoms. The number of rotatable bonds is 2. The monoisotopic (exact) mass is 415 g/mol. The summed E-state index contributed by atoms with van der Waals surface area (Å²) in [5.41, 5.74) is 4.33. The Morgan fingerprint density at radius 3 is 2.77 bits per heavy atom. The lowest BCUT2D eigenvalue weighted by molar-refractivity contribution is 0.0954. The van der Waals surface area contributed by atoms with E-state index in [-0.39, 0.29) is 5.91 Å². The molecule has 0 unspecified atom stereocenters. The van der Waals surface area contributed by atoms with E-state index in [0.29, 0.717) is 41.6 Å². The molecule has 5 heterocycles. The molecule has 0 fully saturated rings. The van der Waals surface area contributed by atoms with Crippen LogP contribution >= 0.6 is 0 Å². The zero-order valence-electron chi connectivity index (χ0n) is 17.2. The van der Waals surface area contributed by atoms with Crippen LogP contribution < -0.4 is 16.0 Å². The van der Waals surface area contributed by atoms with E-state index in [9.17, 15) is 4.79 Å². The molecule has 4 aromatic heterocycles. The highest BCUT2D eigenvalue weighted by Crippen LogP contribution is 2.26. The van der Waals surface area contributed by atoms with Crippen LogP contribution in [0.25, 0.3) is 16.9 Å². The Labute approximate surface area is 178 Å². The topological polar surface area (TPSA) is 122 Å². The Balaban J connectivity index is 1.64. The minimum absolute atomic E-state index is 0.198. The number of amides is 1. The van der Waals surface area contributed by atoms with Crippen LogP contribution in [-0.4, -0.2) is 49.3 Å². The number of aryl methyl sites for hydroxylation is 2. The van der Waals surface area contributed by atoms with Gasteiger partial charge in [-0.1, -0.05) is 0 Å². The minimum atomic E-state index is -0.198. The Morgan fingerprint density at radius 2 is 1.97 bits per heavy atom. The molecule has 0 aliphatic carbocycles. The third-order valence-electron chi connectivity index (χ3n) is 5.10. The summed E-state index contributed by atoms with van der Waals surface area (Å²) in [4.78, 5) is 22.1. The van der Waals surface area contributed by atoms with Gasteiger partial charge in [-0.15, -0.1) is 0 Å². The van der Waals surface area contributed by atoms with Crippen LogP contribution in [0.4, 0.5) is 17.5 Å². The molecule has 31 heavy (non-hydrogen) atoms. The van der Waals surface area contributed by atoms with E-state index in [1.54, 1.807) is 11.6 Å². The van der Waals surface area contributed by atoms with Crippen molar-refractivity contribution in [2.45, 2.75) is 19.8 Å². The van der Waals surface area contributed by atoms with Gasteiger partial charge in [-0.25, -0.2) is 9.97 Å². The van der Waals surface area contributed by atoms with Crippen molar-refractivity contribution < 1.29 is 4.79 Å². The fourth-order valence-corrected chi connectivity index (χ4v) is 3.54. The molecule has 10 nitrogen and oxygen atoms in total. The molecule has 0 saturated carbocycles. The van der Waals surface area contributed by atoms with Gasteiger partial charge >= 0.3 is 0 Å². The van der Waals surface area contributed by atoms with Gasteiger partial charge in [0.2, 0.25) is 0 Å². The van der Waals surface area contributed by atoms with Crippen molar-refractivity contribution in [1.82, 2.24) is 35.1 Å². The molecular formula is C21H21N9O. The maximum Gasteiger partial charge on any atom is 0.256 e. The van der Waals surface area contributed by atoms with Gasteiger partial charge in [0.1, 0.15) is 23.0 Å². The van der Waals surface area contributed by atoms with Crippen molar-refractivity contribution in [2.24, 2.45) is 0 Å². The highest BCUT2D eigenvalue weighted by molar-refractivity contribution is 6.00. The van der Waals surface area contributed by atoms with Gasteiger partial charge < -0.3 is 16.0 Å². The number of pyridine rings is 1. The average Bonchev–Trinajstić information content (AvgIpc) is 3.20. The van der Waals surface area contributed by atoms with Gasteiger partial charge in [-0.05, 0) is 44.0 Å². The predicted octanol–water partition coefficient (Wildman–Crippen LogP) is 2.35. The number of carbonyl (C=O) groups is 1. The third-order valence-corrected chi connectivity index (χ3v) is 5.10. The molecule has 4 bridgehead atoms. The quantitative estimate of drug-likeness (QED) is 0.456. The first-order valence-electron chi connectivity index (χ1n) is 10.0. The van der Waals surface area contributed by atoms with Gasteiger partial charge in [0.25, 0.3) is 5.91 Å². The first kappa shape index (κ1) is 18.9. The van der Waals surface area contributed by atoms with E-state index in [1.807, 2.05) is 37.3 Å². The Bertz CT molecular complexity index is 1280. The van der Waals surface area contributed by atoms with Crippen LogP contribution in [-0.2, 0) is 6.42 Å². The molecular weight excluding hydrogens is 394 g/mol. The average molecular weight is 415 g/mol. The first-order chi connectivity index (χ1) is 15.1. The second-order valence-electron chi connectivity index (χ2n) is 7.35. The number of hydrogen-bond donors (Lipinski definition) is 3. The Hall–Kier alpha value is -4.08. The molecule has 1 amide bonds. The molecule has 1 aliphatic heterocycles. The summed E-state index contributed by atoms with van der Waals surface area (Å²) < 4.78 is 1.61. The van der Waals surface area contributed by atoms with Crippen molar-refractivity contribution in [1.29, 1.82) is 0 Å². The summed E-state index contributed by atoms with van der Waals surface area (Å²) in [5, 5.41) is 22.1. The van der Waals surface area contributed by atoms with E-state index in [4.69, 9.17) is 4.98 Å². The summed E-state index contributed by atoms with van der Waals surface area (Å²) in [6.45, 7) is 2.43. The molecule has 0 aromatic carbocycles. The molecule has 1 aliphatic rings. The fourth-order valence-electron chi connectivity index (χ4n) is 3.54. The second-order valence-corrected chi connectivity index (χ2v) is 7.35. The Kier molecular flexibility index (Phi) is 4.66. The molecule has 5 rings (SSSR count). The minimum Gasteiger partial charge on any atom is -0.373 e. The van der Waals surface area contributed by atoms with Crippen LogP contribution in [0.5, 0.6) is 0 Å². The lowest BCUT2D eigenvalue weighted by Gasteiger charge is -2.12. The molecule has 0 spiro atoms.